The van der Waals surface area contributed by atoms with E-state index in [0.29, 0.717) is 45.9 Å². The molecule has 1 aromatic carbocycles. The van der Waals surface area contributed by atoms with Crippen molar-refractivity contribution in [2.45, 2.75) is 13.0 Å². The summed E-state index contributed by atoms with van der Waals surface area (Å²) >= 11 is 0. The van der Waals surface area contributed by atoms with Crippen LogP contribution in [0.2, 0.25) is 0 Å². The quantitative estimate of drug-likeness (QED) is 0.696. The molecule has 4 rings (SSSR count). The number of hydrogen-bond donors (Lipinski definition) is 2. The van der Waals surface area contributed by atoms with Gasteiger partial charge in [0, 0.05) is 17.3 Å². The van der Waals surface area contributed by atoms with Gasteiger partial charge in [0.05, 0.1) is 26.1 Å². The predicted molar refractivity (Wildman–Crippen MR) is 101 cm³/mol. The van der Waals surface area contributed by atoms with Crippen molar-refractivity contribution in [3.05, 3.63) is 53.4 Å². The number of nitrogens with one attached hydrogen (secondary N) is 1. The number of ether oxygens (including phenoxy) is 2. The van der Waals surface area contributed by atoms with E-state index in [2.05, 4.69) is 15.4 Å². The molecule has 1 atom stereocenters. The second kappa shape index (κ2) is 6.76. The van der Waals surface area contributed by atoms with Crippen LogP contribution in [0.25, 0.3) is 11.6 Å². The molecule has 3 aromatic rings. The Kier molecular flexibility index (Phi) is 4.26. The number of hydrogen-bond acceptors (Lipinski definition) is 7. The summed E-state index contributed by atoms with van der Waals surface area (Å²) in [4.78, 5) is 16.8. The lowest BCUT2D eigenvalue weighted by Crippen LogP contribution is -2.32. The highest BCUT2D eigenvalue weighted by Crippen LogP contribution is 2.40. The van der Waals surface area contributed by atoms with E-state index >= 15 is 0 Å². The van der Waals surface area contributed by atoms with Gasteiger partial charge in [-0.1, -0.05) is 0 Å². The third kappa shape index (κ3) is 2.77. The highest BCUT2D eigenvalue weighted by atomic mass is 16.5. The van der Waals surface area contributed by atoms with Gasteiger partial charge in [-0.15, -0.1) is 5.10 Å². The van der Waals surface area contributed by atoms with Crippen molar-refractivity contribution in [3.63, 3.8) is 0 Å². The summed E-state index contributed by atoms with van der Waals surface area (Å²) < 4.78 is 17.8. The second-order valence-electron chi connectivity index (χ2n) is 6.22. The van der Waals surface area contributed by atoms with Gasteiger partial charge in [-0.3, -0.25) is 4.79 Å². The molecular formula is C19H19N5O4. The van der Waals surface area contributed by atoms with Crippen LogP contribution in [0.1, 0.15) is 18.5 Å². The van der Waals surface area contributed by atoms with Crippen molar-refractivity contribution in [2.75, 3.05) is 19.5 Å². The molecule has 9 nitrogen and oxygen atoms in total. The van der Waals surface area contributed by atoms with E-state index < -0.39 is 11.9 Å². The van der Waals surface area contributed by atoms with E-state index in [0.717, 1.165) is 0 Å². The molecule has 9 heteroatoms. The number of benzene rings is 1. The average molecular weight is 381 g/mol. The van der Waals surface area contributed by atoms with E-state index in [-0.39, 0.29) is 0 Å². The van der Waals surface area contributed by atoms with Crippen LogP contribution >= 0.6 is 0 Å². The Balaban J connectivity index is 1.92. The highest BCUT2D eigenvalue weighted by molar-refractivity contribution is 5.95. The normalized spacial score (nSPS) is 15.8. The first kappa shape index (κ1) is 17.7. The van der Waals surface area contributed by atoms with Crippen molar-refractivity contribution in [3.8, 4) is 23.1 Å². The lowest BCUT2D eigenvalue weighted by Gasteiger charge is -2.28. The first-order valence-electron chi connectivity index (χ1n) is 8.53. The van der Waals surface area contributed by atoms with Crippen LogP contribution in [-0.2, 0) is 4.79 Å². The summed E-state index contributed by atoms with van der Waals surface area (Å²) in [5.74, 6) is 1.99. The van der Waals surface area contributed by atoms with Gasteiger partial charge >= 0.3 is 0 Å². The SMILES string of the molecule is COc1ccc(C2C(C(N)=O)=C(C)Nc3nc(-c4ccco4)nn32)c(OC)c1. The summed E-state index contributed by atoms with van der Waals surface area (Å²) in [5.41, 5.74) is 7.38. The molecule has 2 aromatic heterocycles. The van der Waals surface area contributed by atoms with Gasteiger partial charge in [-0.2, -0.15) is 4.98 Å². The Bertz CT molecular complexity index is 1070. The topological polar surface area (TPSA) is 117 Å². The van der Waals surface area contributed by atoms with E-state index in [1.54, 1.807) is 56.4 Å². The second-order valence-corrected chi connectivity index (χ2v) is 6.22. The Morgan fingerprint density at radius 1 is 1.29 bits per heavy atom. The van der Waals surface area contributed by atoms with Crippen LogP contribution in [0.15, 0.2) is 52.3 Å². The molecule has 0 saturated heterocycles. The zero-order valence-corrected chi connectivity index (χ0v) is 15.6. The zero-order valence-electron chi connectivity index (χ0n) is 15.6. The average Bonchev–Trinajstić information content (AvgIpc) is 3.35. The van der Waals surface area contributed by atoms with E-state index in [4.69, 9.17) is 19.6 Å². The first-order chi connectivity index (χ1) is 13.5. The number of nitrogens with zero attached hydrogens (tertiary/aromatic N) is 3. The summed E-state index contributed by atoms with van der Waals surface area (Å²) in [7, 11) is 3.12. The molecule has 28 heavy (non-hydrogen) atoms. The van der Waals surface area contributed by atoms with Crippen molar-refractivity contribution in [2.24, 2.45) is 5.73 Å². The largest absolute Gasteiger partial charge is 0.497 e. The van der Waals surface area contributed by atoms with Crippen LogP contribution in [-0.4, -0.2) is 34.9 Å². The molecule has 0 radical (unpaired) electrons. The predicted octanol–water partition coefficient (Wildman–Crippen LogP) is 2.33. The van der Waals surface area contributed by atoms with Crippen molar-refractivity contribution in [1.29, 1.82) is 0 Å². The minimum atomic E-state index is -0.620. The number of methoxy groups -OCH3 is 2. The fourth-order valence-corrected chi connectivity index (χ4v) is 3.31. The fourth-order valence-electron chi connectivity index (χ4n) is 3.31. The molecule has 1 unspecified atom stereocenters. The van der Waals surface area contributed by atoms with Gasteiger partial charge in [0.2, 0.25) is 17.7 Å². The smallest absolute Gasteiger partial charge is 0.248 e. The number of carbonyl (C=O) groups is 1. The molecule has 3 heterocycles. The van der Waals surface area contributed by atoms with Crippen LogP contribution in [0, 0.1) is 0 Å². The van der Waals surface area contributed by atoms with Gasteiger partial charge in [0.15, 0.2) is 5.76 Å². The third-order valence-corrected chi connectivity index (χ3v) is 4.59. The summed E-state index contributed by atoms with van der Waals surface area (Å²) in [5, 5.41) is 7.65. The molecule has 144 valence electrons. The Morgan fingerprint density at radius 2 is 2.11 bits per heavy atom. The lowest BCUT2D eigenvalue weighted by atomic mass is 9.94. The van der Waals surface area contributed by atoms with Crippen LogP contribution in [0.5, 0.6) is 11.5 Å². The maximum absolute atomic E-state index is 12.3. The van der Waals surface area contributed by atoms with Crippen LogP contribution in [0.4, 0.5) is 5.95 Å². The standard InChI is InChI=1S/C19H19N5O4/c1-10-15(17(20)25)16(12-7-6-11(26-2)9-14(12)27-3)24-19(21-10)22-18(23-24)13-5-4-8-28-13/h4-9,16H,1-3H3,(H2,20,25)(H,21,22,23). The zero-order chi connectivity index (χ0) is 19.8. The monoisotopic (exact) mass is 381 g/mol. The number of carbonyl (C=O) groups excluding carboxylic acids is 1. The number of fused-ring (bicyclic) bond motifs is 1. The molecule has 1 aliphatic heterocycles. The maximum Gasteiger partial charge on any atom is 0.248 e. The molecule has 3 N–H and O–H groups in total. The summed E-state index contributed by atoms with van der Waals surface area (Å²) in [6.07, 6.45) is 1.55. The van der Waals surface area contributed by atoms with Gasteiger partial charge in [0.25, 0.3) is 0 Å². The van der Waals surface area contributed by atoms with Crippen molar-refractivity contribution in [1.82, 2.24) is 14.8 Å². The molecule has 1 amide bonds. The molecule has 0 fully saturated rings. The summed E-state index contributed by atoms with van der Waals surface area (Å²) in [6, 6.07) is 8.26. The number of furan rings is 1. The Hall–Kier alpha value is -3.75. The third-order valence-electron chi connectivity index (χ3n) is 4.59. The van der Waals surface area contributed by atoms with Crippen molar-refractivity contribution >= 4 is 11.9 Å². The number of amides is 1. The van der Waals surface area contributed by atoms with Crippen LogP contribution < -0.4 is 20.5 Å². The van der Waals surface area contributed by atoms with E-state index in [1.807, 2.05) is 6.07 Å². The minimum Gasteiger partial charge on any atom is -0.497 e. The number of primary amides is 1. The van der Waals surface area contributed by atoms with Gasteiger partial charge < -0.3 is 24.9 Å². The van der Waals surface area contributed by atoms with E-state index in [9.17, 15) is 4.79 Å². The minimum absolute atomic E-state index is 0.367. The van der Waals surface area contributed by atoms with E-state index in [1.165, 1.54) is 0 Å². The maximum atomic E-state index is 12.3. The van der Waals surface area contributed by atoms with Gasteiger partial charge in [-0.25, -0.2) is 4.68 Å². The Morgan fingerprint density at radius 3 is 2.75 bits per heavy atom. The number of rotatable bonds is 5. The molecule has 0 saturated carbocycles. The van der Waals surface area contributed by atoms with Crippen molar-refractivity contribution < 1.29 is 18.7 Å². The molecule has 0 aliphatic carbocycles. The van der Waals surface area contributed by atoms with Crippen LogP contribution in [0.3, 0.4) is 0 Å². The first-order valence-corrected chi connectivity index (χ1v) is 8.53. The molecule has 0 spiro atoms. The number of allylic oxidation sites excluding steroid dienone is 1. The Labute approximate surface area is 160 Å². The molecule has 0 bridgehead atoms. The summed E-state index contributed by atoms with van der Waals surface area (Å²) in [6.45, 7) is 1.77. The highest BCUT2D eigenvalue weighted by Gasteiger charge is 2.35. The molecular weight excluding hydrogens is 362 g/mol. The number of aromatic nitrogens is 3. The van der Waals surface area contributed by atoms with Gasteiger partial charge in [-0.05, 0) is 31.2 Å². The number of anilines is 1. The fraction of sp³-hybridized carbons (Fsp3) is 0.211. The number of nitrogens with two attached hydrogens (primary N) is 1. The van der Waals surface area contributed by atoms with Gasteiger partial charge in [0.1, 0.15) is 17.5 Å². The molecule has 1 aliphatic rings. The lowest BCUT2D eigenvalue weighted by molar-refractivity contribution is -0.115.